The summed E-state index contributed by atoms with van der Waals surface area (Å²) in [5.74, 6) is -0.380. The topological polar surface area (TPSA) is 66.6 Å². The monoisotopic (exact) mass is 200 g/mol. The van der Waals surface area contributed by atoms with Gasteiger partial charge in [0.25, 0.3) is 0 Å². The van der Waals surface area contributed by atoms with Gasteiger partial charge in [0.2, 0.25) is 5.91 Å². The Morgan fingerprint density at radius 2 is 2.36 bits per heavy atom. The number of hydrogen-bond donors (Lipinski definition) is 2. The van der Waals surface area contributed by atoms with Gasteiger partial charge in [0.05, 0.1) is 6.61 Å². The highest BCUT2D eigenvalue weighted by molar-refractivity contribution is 5.76. The summed E-state index contributed by atoms with van der Waals surface area (Å²) >= 11 is 0. The normalized spacial score (nSPS) is 26.0. The third-order valence-electron chi connectivity index (χ3n) is 2.95. The van der Waals surface area contributed by atoms with Crippen molar-refractivity contribution in [2.75, 3.05) is 19.7 Å². The van der Waals surface area contributed by atoms with Gasteiger partial charge in [-0.25, -0.2) is 0 Å². The van der Waals surface area contributed by atoms with E-state index in [1.165, 1.54) is 6.42 Å². The maximum Gasteiger partial charge on any atom is 0.221 e. The first-order valence-corrected chi connectivity index (χ1v) is 5.29. The Kier molecular flexibility index (Phi) is 4.35. The van der Waals surface area contributed by atoms with Crippen molar-refractivity contribution in [3.05, 3.63) is 0 Å². The molecule has 4 nitrogen and oxygen atoms in total. The summed E-state index contributed by atoms with van der Waals surface area (Å²) in [6.07, 6.45) is 3.36. The summed E-state index contributed by atoms with van der Waals surface area (Å²) in [6.45, 7) is 3.68. The molecule has 0 aromatic heterocycles. The van der Waals surface area contributed by atoms with E-state index in [-0.39, 0.29) is 24.5 Å². The summed E-state index contributed by atoms with van der Waals surface area (Å²) in [6, 6.07) is 0.227. The van der Waals surface area contributed by atoms with Gasteiger partial charge < -0.3 is 10.8 Å². The first kappa shape index (κ1) is 11.5. The molecule has 1 fully saturated rings. The number of primary amides is 1. The van der Waals surface area contributed by atoms with Crippen LogP contribution >= 0.6 is 0 Å². The van der Waals surface area contributed by atoms with E-state index in [1.807, 2.05) is 6.92 Å². The van der Waals surface area contributed by atoms with E-state index in [1.54, 1.807) is 0 Å². The number of hydrogen-bond acceptors (Lipinski definition) is 3. The highest BCUT2D eigenvalue weighted by atomic mass is 16.3. The molecule has 2 atom stereocenters. The van der Waals surface area contributed by atoms with Crippen LogP contribution in [0.3, 0.4) is 0 Å². The number of aliphatic hydroxyl groups excluding tert-OH is 1. The molecule has 2 unspecified atom stereocenters. The number of likely N-dealkylation sites (tertiary alicyclic amines) is 1. The van der Waals surface area contributed by atoms with Crippen LogP contribution in [-0.4, -0.2) is 41.7 Å². The molecule has 0 spiro atoms. The van der Waals surface area contributed by atoms with Gasteiger partial charge in [0, 0.05) is 18.5 Å². The zero-order valence-electron chi connectivity index (χ0n) is 8.78. The van der Waals surface area contributed by atoms with Crippen molar-refractivity contribution in [1.82, 2.24) is 4.90 Å². The number of rotatable bonds is 4. The van der Waals surface area contributed by atoms with Crippen molar-refractivity contribution in [3.8, 4) is 0 Å². The second kappa shape index (κ2) is 5.32. The lowest BCUT2D eigenvalue weighted by Crippen LogP contribution is -2.45. The van der Waals surface area contributed by atoms with E-state index in [0.717, 1.165) is 19.4 Å². The van der Waals surface area contributed by atoms with Crippen LogP contribution < -0.4 is 5.73 Å². The molecule has 0 aromatic carbocycles. The van der Waals surface area contributed by atoms with Crippen molar-refractivity contribution in [1.29, 1.82) is 0 Å². The largest absolute Gasteiger partial charge is 0.395 e. The third kappa shape index (κ3) is 2.96. The zero-order chi connectivity index (χ0) is 10.6. The number of carbonyl (C=O) groups is 1. The van der Waals surface area contributed by atoms with Crippen LogP contribution in [0.15, 0.2) is 0 Å². The average molecular weight is 200 g/mol. The number of aliphatic hydroxyl groups is 1. The van der Waals surface area contributed by atoms with Gasteiger partial charge in [-0.1, -0.05) is 13.3 Å². The predicted octanol–water partition coefficient (Wildman–Crippen LogP) is -0.0454. The molecule has 0 bridgehead atoms. The molecule has 1 amide bonds. The molecule has 1 rings (SSSR count). The van der Waals surface area contributed by atoms with Gasteiger partial charge in [0.1, 0.15) is 0 Å². The van der Waals surface area contributed by atoms with Gasteiger partial charge in [-0.15, -0.1) is 0 Å². The average Bonchev–Trinajstić information content (AvgIpc) is 2.18. The standard InChI is InChI=1S/C10H20N2O2/c1-8(10(11)14)6-12-5-3-2-4-9(12)7-13/h8-9,13H,2-7H2,1H3,(H2,11,14). The minimum atomic E-state index is -0.257. The number of piperidine rings is 1. The minimum Gasteiger partial charge on any atom is -0.395 e. The smallest absolute Gasteiger partial charge is 0.221 e. The lowest BCUT2D eigenvalue weighted by molar-refractivity contribution is -0.122. The summed E-state index contributed by atoms with van der Waals surface area (Å²) < 4.78 is 0. The number of nitrogens with zero attached hydrogens (tertiary/aromatic N) is 1. The Morgan fingerprint density at radius 1 is 1.64 bits per heavy atom. The zero-order valence-corrected chi connectivity index (χ0v) is 8.78. The molecule has 0 aromatic rings. The van der Waals surface area contributed by atoms with Crippen LogP contribution in [0.1, 0.15) is 26.2 Å². The van der Waals surface area contributed by atoms with Gasteiger partial charge in [-0.05, 0) is 19.4 Å². The Hall–Kier alpha value is -0.610. The Balaban J connectivity index is 2.44. The van der Waals surface area contributed by atoms with Crippen LogP contribution in [0.25, 0.3) is 0 Å². The lowest BCUT2D eigenvalue weighted by atomic mass is 10.0. The van der Waals surface area contributed by atoms with Gasteiger partial charge in [-0.2, -0.15) is 0 Å². The van der Waals surface area contributed by atoms with E-state index in [2.05, 4.69) is 4.90 Å². The number of nitrogens with two attached hydrogens (primary N) is 1. The van der Waals surface area contributed by atoms with Gasteiger partial charge in [0.15, 0.2) is 0 Å². The van der Waals surface area contributed by atoms with Crippen LogP contribution in [0.4, 0.5) is 0 Å². The van der Waals surface area contributed by atoms with Crippen LogP contribution in [0, 0.1) is 5.92 Å². The predicted molar refractivity (Wildman–Crippen MR) is 54.7 cm³/mol. The highest BCUT2D eigenvalue weighted by Gasteiger charge is 2.24. The molecule has 1 aliphatic rings. The molecule has 0 saturated carbocycles. The molecule has 0 aliphatic carbocycles. The molecule has 1 saturated heterocycles. The number of amides is 1. The molecule has 1 aliphatic heterocycles. The molecular formula is C10H20N2O2. The minimum absolute atomic E-state index is 0.123. The van der Waals surface area contributed by atoms with E-state index < -0.39 is 0 Å². The lowest BCUT2D eigenvalue weighted by Gasteiger charge is -2.35. The molecule has 3 N–H and O–H groups in total. The Bertz CT molecular complexity index is 197. The SMILES string of the molecule is CC(CN1CCCCC1CO)C(N)=O. The van der Waals surface area contributed by atoms with Crippen molar-refractivity contribution in [2.45, 2.75) is 32.2 Å². The first-order chi connectivity index (χ1) is 6.65. The summed E-state index contributed by atoms with van der Waals surface area (Å²) in [5.41, 5.74) is 5.21. The van der Waals surface area contributed by atoms with Crippen molar-refractivity contribution in [2.24, 2.45) is 11.7 Å². The van der Waals surface area contributed by atoms with Crippen molar-refractivity contribution >= 4 is 5.91 Å². The second-order valence-corrected chi connectivity index (χ2v) is 4.13. The van der Waals surface area contributed by atoms with Crippen LogP contribution in [0.2, 0.25) is 0 Å². The highest BCUT2D eigenvalue weighted by Crippen LogP contribution is 2.17. The van der Waals surface area contributed by atoms with Gasteiger partial charge in [-0.3, -0.25) is 9.69 Å². The molecule has 82 valence electrons. The molecule has 4 heteroatoms. The quantitative estimate of drug-likeness (QED) is 0.669. The molecule has 0 radical (unpaired) electrons. The summed E-state index contributed by atoms with van der Waals surface area (Å²) in [5, 5.41) is 9.16. The van der Waals surface area contributed by atoms with Crippen molar-refractivity contribution < 1.29 is 9.90 Å². The molecule has 14 heavy (non-hydrogen) atoms. The fourth-order valence-corrected chi connectivity index (χ4v) is 1.95. The van der Waals surface area contributed by atoms with Crippen LogP contribution in [-0.2, 0) is 4.79 Å². The third-order valence-corrected chi connectivity index (χ3v) is 2.95. The fourth-order valence-electron chi connectivity index (χ4n) is 1.95. The number of carbonyl (C=O) groups excluding carboxylic acids is 1. The Labute approximate surface area is 85.1 Å². The van der Waals surface area contributed by atoms with Crippen LogP contribution in [0.5, 0.6) is 0 Å². The van der Waals surface area contributed by atoms with E-state index >= 15 is 0 Å². The molecule has 1 heterocycles. The second-order valence-electron chi connectivity index (χ2n) is 4.13. The van der Waals surface area contributed by atoms with E-state index in [4.69, 9.17) is 10.8 Å². The first-order valence-electron chi connectivity index (χ1n) is 5.29. The molecular weight excluding hydrogens is 180 g/mol. The van der Waals surface area contributed by atoms with E-state index in [0.29, 0.717) is 6.54 Å². The van der Waals surface area contributed by atoms with Gasteiger partial charge >= 0.3 is 0 Å². The fraction of sp³-hybridized carbons (Fsp3) is 0.900. The summed E-state index contributed by atoms with van der Waals surface area (Å²) in [7, 11) is 0. The summed E-state index contributed by atoms with van der Waals surface area (Å²) in [4.78, 5) is 13.1. The maximum absolute atomic E-state index is 10.9. The maximum atomic E-state index is 10.9. The Morgan fingerprint density at radius 3 is 2.93 bits per heavy atom. The van der Waals surface area contributed by atoms with Crippen molar-refractivity contribution in [3.63, 3.8) is 0 Å². The van der Waals surface area contributed by atoms with E-state index in [9.17, 15) is 4.79 Å².